The lowest BCUT2D eigenvalue weighted by Crippen LogP contribution is -2.42. The first-order chi connectivity index (χ1) is 14.4. The molecule has 1 N–H and O–H groups in total. The van der Waals surface area contributed by atoms with Gasteiger partial charge in [0, 0.05) is 17.6 Å². The van der Waals surface area contributed by atoms with Crippen LogP contribution in [0.4, 0.5) is 11.4 Å². The fourth-order valence-corrected chi connectivity index (χ4v) is 4.96. The van der Waals surface area contributed by atoms with Crippen LogP contribution < -0.4 is 14.4 Å². The smallest absolute Gasteiger partial charge is 0.262 e. The summed E-state index contributed by atoms with van der Waals surface area (Å²) in [5.74, 6) is 0.913. The third-order valence-corrected chi connectivity index (χ3v) is 7.29. The number of fused-ring (bicyclic) bond motifs is 1. The molecular weight excluding hydrogens is 436 g/mol. The maximum Gasteiger partial charge on any atom is 0.262 e. The van der Waals surface area contributed by atoms with Crippen LogP contribution in [0.2, 0.25) is 5.02 Å². The van der Waals surface area contributed by atoms with Crippen LogP contribution in [0.3, 0.4) is 0 Å². The highest BCUT2D eigenvalue weighted by Crippen LogP contribution is 2.39. The van der Waals surface area contributed by atoms with Gasteiger partial charge in [-0.2, -0.15) is 0 Å². The zero-order chi connectivity index (χ0) is 23.0. The van der Waals surface area contributed by atoms with Crippen molar-refractivity contribution >= 4 is 38.9 Å². The van der Waals surface area contributed by atoms with Gasteiger partial charge in [0.25, 0.3) is 10.0 Å². The van der Waals surface area contributed by atoms with E-state index in [0.29, 0.717) is 40.2 Å². The van der Waals surface area contributed by atoms with Crippen LogP contribution in [-0.4, -0.2) is 27.5 Å². The normalized spacial score (nSPS) is 16.0. The van der Waals surface area contributed by atoms with Crippen molar-refractivity contribution in [2.75, 3.05) is 22.8 Å². The molecule has 0 saturated carbocycles. The zero-order valence-electron chi connectivity index (χ0n) is 18.5. The molecule has 1 aliphatic heterocycles. The number of carbonyl (C=O) groups excluding carboxylic acids is 1. The molecule has 0 radical (unpaired) electrons. The number of hydrogen-bond donors (Lipinski definition) is 1. The molecule has 0 atom stereocenters. The number of nitrogens with zero attached hydrogens (tertiary/aromatic N) is 1. The Bertz CT molecular complexity index is 1100. The van der Waals surface area contributed by atoms with Crippen molar-refractivity contribution in [3.63, 3.8) is 0 Å². The SMILES string of the molecule is Cc1c(Cl)cccc1S(=O)(=O)Nc1ccc2c(c1)OCC(C)(C)C(=O)N2CCC(C)C. The molecule has 0 aliphatic carbocycles. The summed E-state index contributed by atoms with van der Waals surface area (Å²) in [7, 11) is -3.84. The fraction of sp³-hybridized carbons (Fsp3) is 0.435. The van der Waals surface area contributed by atoms with Crippen molar-refractivity contribution in [2.45, 2.75) is 45.9 Å². The van der Waals surface area contributed by atoms with Gasteiger partial charge < -0.3 is 9.64 Å². The number of rotatable bonds is 6. The standard InChI is InChI=1S/C23H29ClN2O4S/c1-15(2)11-12-26-19-10-9-17(13-20(19)30-14-23(4,5)22(26)27)25-31(28,29)21-8-6-7-18(24)16(21)3/h6-10,13,15,25H,11-12,14H2,1-5H3. The minimum atomic E-state index is -3.84. The Morgan fingerprint density at radius 3 is 2.61 bits per heavy atom. The highest BCUT2D eigenvalue weighted by atomic mass is 35.5. The summed E-state index contributed by atoms with van der Waals surface area (Å²) in [6.07, 6.45) is 0.851. The minimum absolute atomic E-state index is 0.00483. The van der Waals surface area contributed by atoms with Crippen LogP contribution in [0.15, 0.2) is 41.3 Å². The third-order valence-electron chi connectivity index (χ3n) is 5.35. The number of amides is 1. The molecule has 1 amide bonds. The predicted molar refractivity (Wildman–Crippen MR) is 125 cm³/mol. The quantitative estimate of drug-likeness (QED) is 0.633. The maximum atomic E-state index is 13.1. The van der Waals surface area contributed by atoms with E-state index in [1.54, 1.807) is 42.2 Å². The summed E-state index contributed by atoms with van der Waals surface area (Å²) < 4.78 is 34.4. The summed E-state index contributed by atoms with van der Waals surface area (Å²) in [5.41, 5.74) is 0.801. The largest absolute Gasteiger partial charge is 0.490 e. The molecular formula is C23H29ClN2O4S. The van der Waals surface area contributed by atoms with Crippen LogP contribution in [0.5, 0.6) is 5.75 Å². The second-order valence-electron chi connectivity index (χ2n) is 8.96. The molecule has 1 heterocycles. The number of nitrogens with one attached hydrogen (secondary N) is 1. The van der Waals surface area contributed by atoms with Crippen molar-refractivity contribution < 1.29 is 17.9 Å². The number of sulfonamides is 1. The van der Waals surface area contributed by atoms with E-state index in [4.69, 9.17) is 16.3 Å². The van der Waals surface area contributed by atoms with E-state index in [0.717, 1.165) is 6.42 Å². The minimum Gasteiger partial charge on any atom is -0.490 e. The molecule has 2 aromatic carbocycles. The van der Waals surface area contributed by atoms with Gasteiger partial charge in [0.2, 0.25) is 5.91 Å². The second kappa shape index (κ2) is 8.71. The first-order valence-electron chi connectivity index (χ1n) is 10.3. The molecule has 1 aliphatic rings. The molecule has 6 nitrogen and oxygen atoms in total. The zero-order valence-corrected chi connectivity index (χ0v) is 20.1. The summed E-state index contributed by atoms with van der Waals surface area (Å²) >= 11 is 6.09. The average Bonchev–Trinajstić information content (AvgIpc) is 2.77. The summed E-state index contributed by atoms with van der Waals surface area (Å²) in [6.45, 7) is 10.4. The van der Waals surface area contributed by atoms with Crippen LogP contribution >= 0.6 is 11.6 Å². The molecule has 31 heavy (non-hydrogen) atoms. The fourth-order valence-electron chi connectivity index (χ4n) is 3.41. The van der Waals surface area contributed by atoms with Crippen LogP contribution in [0.1, 0.15) is 39.7 Å². The van der Waals surface area contributed by atoms with E-state index in [9.17, 15) is 13.2 Å². The van der Waals surface area contributed by atoms with Crippen LogP contribution in [-0.2, 0) is 14.8 Å². The Morgan fingerprint density at radius 2 is 1.94 bits per heavy atom. The molecule has 0 unspecified atom stereocenters. The highest BCUT2D eigenvalue weighted by Gasteiger charge is 2.37. The van der Waals surface area contributed by atoms with Crippen molar-refractivity contribution in [2.24, 2.45) is 11.3 Å². The lowest BCUT2D eigenvalue weighted by atomic mass is 9.92. The number of carbonyl (C=O) groups is 1. The molecule has 2 aromatic rings. The Labute approximate surface area is 189 Å². The maximum absolute atomic E-state index is 13.1. The molecule has 0 spiro atoms. The lowest BCUT2D eigenvalue weighted by Gasteiger charge is -2.28. The van der Waals surface area contributed by atoms with Gasteiger partial charge in [-0.1, -0.05) is 31.5 Å². The van der Waals surface area contributed by atoms with Crippen molar-refractivity contribution in [1.82, 2.24) is 0 Å². The molecule has 0 bridgehead atoms. The number of halogens is 1. The van der Waals surface area contributed by atoms with Gasteiger partial charge in [-0.05, 0) is 62.9 Å². The summed E-state index contributed by atoms with van der Waals surface area (Å²) in [4.78, 5) is 15.0. The van der Waals surface area contributed by atoms with E-state index < -0.39 is 15.4 Å². The third kappa shape index (κ3) is 4.99. The van der Waals surface area contributed by atoms with Gasteiger partial charge in [0.1, 0.15) is 12.4 Å². The Balaban J connectivity index is 1.96. The Kier molecular flexibility index (Phi) is 6.58. The monoisotopic (exact) mass is 464 g/mol. The van der Waals surface area contributed by atoms with E-state index in [-0.39, 0.29) is 17.4 Å². The van der Waals surface area contributed by atoms with Crippen LogP contribution in [0.25, 0.3) is 0 Å². The highest BCUT2D eigenvalue weighted by molar-refractivity contribution is 7.92. The Hall–Kier alpha value is -2.25. The van der Waals surface area contributed by atoms with Gasteiger partial charge in [-0.15, -0.1) is 0 Å². The van der Waals surface area contributed by atoms with E-state index in [1.807, 2.05) is 13.8 Å². The molecule has 3 rings (SSSR count). The van der Waals surface area contributed by atoms with Gasteiger partial charge >= 0.3 is 0 Å². The molecule has 0 saturated heterocycles. The number of benzene rings is 2. The topological polar surface area (TPSA) is 75.7 Å². The van der Waals surface area contributed by atoms with Crippen molar-refractivity contribution in [3.8, 4) is 5.75 Å². The Morgan fingerprint density at radius 1 is 1.23 bits per heavy atom. The van der Waals surface area contributed by atoms with Gasteiger partial charge in [0.05, 0.1) is 21.7 Å². The lowest BCUT2D eigenvalue weighted by molar-refractivity contribution is -0.127. The van der Waals surface area contributed by atoms with Crippen molar-refractivity contribution in [1.29, 1.82) is 0 Å². The van der Waals surface area contributed by atoms with Crippen molar-refractivity contribution in [3.05, 3.63) is 47.0 Å². The van der Waals surface area contributed by atoms with Gasteiger partial charge in [-0.3, -0.25) is 9.52 Å². The average molecular weight is 465 g/mol. The van der Waals surface area contributed by atoms with Gasteiger partial charge in [0.15, 0.2) is 0 Å². The van der Waals surface area contributed by atoms with Gasteiger partial charge in [-0.25, -0.2) is 8.42 Å². The molecule has 168 valence electrons. The first-order valence-corrected chi connectivity index (χ1v) is 12.2. The predicted octanol–water partition coefficient (Wildman–Crippen LogP) is 5.25. The summed E-state index contributed by atoms with van der Waals surface area (Å²) in [5, 5.41) is 0.384. The van der Waals surface area contributed by atoms with E-state index in [2.05, 4.69) is 18.6 Å². The molecule has 8 heteroatoms. The molecule has 0 aromatic heterocycles. The van der Waals surface area contributed by atoms with E-state index in [1.165, 1.54) is 6.07 Å². The van der Waals surface area contributed by atoms with E-state index >= 15 is 0 Å². The number of hydrogen-bond acceptors (Lipinski definition) is 4. The molecule has 0 fully saturated rings. The number of anilines is 2. The number of ether oxygens (including phenoxy) is 1. The second-order valence-corrected chi connectivity index (χ2v) is 11.0. The first kappa shape index (κ1) is 23.4. The van der Waals surface area contributed by atoms with Crippen LogP contribution in [0, 0.1) is 18.3 Å². The summed E-state index contributed by atoms with van der Waals surface area (Å²) in [6, 6.07) is 9.77.